The van der Waals surface area contributed by atoms with Crippen molar-refractivity contribution in [2.75, 3.05) is 46.2 Å². The minimum atomic E-state index is -1.15. The van der Waals surface area contributed by atoms with Crippen LogP contribution in [0, 0.1) is 0 Å². The molecule has 10 nitrogen and oxygen atoms in total. The molecular formula is C12H23N3O7. The van der Waals surface area contributed by atoms with Gasteiger partial charge in [0.1, 0.15) is 6.10 Å². The van der Waals surface area contributed by atoms with E-state index in [1.54, 1.807) is 0 Å². The third-order valence-corrected chi connectivity index (χ3v) is 2.99. The van der Waals surface area contributed by atoms with Crippen molar-refractivity contribution < 1.29 is 34.3 Å². The maximum absolute atomic E-state index is 9.72. The molecule has 0 saturated carbocycles. The standard InChI is InChI=1S/C12H23N3O7/c13-15-14-1-2-19-3-4-20-5-6-21-12-11(18)10(17)7-9(8-16)22-12/h9-12,16-18H,1-8H2/t9-,10-,11-,12-/m0/s1. The van der Waals surface area contributed by atoms with E-state index in [4.69, 9.17) is 29.6 Å². The van der Waals surface area contributed by atoms with Gasteiger partial charge in [-0.2, -0.15) is 0 Å². The fourth-order valence-corrected chi connectivity index (χ4v) is 1.87. The lowest BCUT2D eigenvalue weighted by molar-refractivity contribution is -0.273. The summed E-state index contributed by atoms with van der Waals surface area (Å²) < 4.78 is 21.0. The number of hydrogen-bond acceptors (Lipinski definition) is 8. The van der Waals surface area contributed by atoms with Crippen LogP contribution in [-0.4, -0.2) is 86.1 Å². The second-order valence-corrected chi connectivity index (χ2v) is 4.65. The zero-order chi connectivity index (χ0) is 16.2. The van der Waals surface area contributed by atoms with Gasteiger partial charge in [-0.1, -0.05) is 5.11 Å². The van der Waals surface area contributed by atoms with Gasteiger partial charge in [0.05, 0.1) is 51.8 Å². The molecule has 0 amide bonds. The Morgan fingerprint density at radius 1 is 1.14 bits per heavy atom. The molecule has 1 saturated heterocycles. The van der Waals surface area contributed by atoms with Crippen LogP contribution in [0.15, 0.2) is 5.11 Å². The number of rotatable bonds is 11. The highest BCUT2D eigenvalue weighted by Gasteiger charge is 2.36. The minimum Gasteiger partial charge on any atom is -0.394 e. The van der Waals surface area contributed by atoms with Crippen molar-refractivity contribution in [1.82, 2.24) is 0 Å². The van der Waals surface area contributed by atoms with Gasteiger partial charge in [0, 0.05) is 17.9 Å². The largest absolute Gasteiger partial charge is 0.394 e. The van der Waals surface area contributed by atoms with Gasteiger partial charge in [0.2, 0.25) is 0 Å². The number of azide groups is 1. The molecular weight excluding hydrogens is 298 g/mol. The van der Waals surface area contributed by atoms with Gasteiger partial charge in [0.25, 0.3) is 0 Å². The van der Waals surface area contributed by atoms with E-state index in [0.29, 0.717) is 19.8 Å². The molecule has 1 heterocycles. The number of aliphatic hydroxyl groups excluding tert-OH is 3. The lowest BCUT2D eigenvalue weighted by Crippen LogP contribution is -2.50. The summed E-state index contributed by atoms with van der Waals surface area (Å²) in [4.78, 5) is 2.59. The van der Waals surface area contributed by atoms with E-state index < -0.39 is 24.6 Å². The number of ether oxygens (including phenoxy) is 4. The average molecular weight is 321 g/mol. The minimum absolute atomic E-state index is 0.168. The third-order valence-electron chi connectivity index (χ3n) is 2.99. The van der Waals surface area contributed by atoms with Gasteiger partial charge in [0.15, 0.2) is 6.29 Å². The molecule has 0 aromatic carbocycles. The van der Waals surface area contributed by atoms with Crippen molar-refractivity contribution in [3.05, 3.63) is 10.4 Å². The molecule has 0 bridgehead atoms. The molecule has 0 aromatic heterocycles. The maximum atomic E-state index is 9.72. The van der Waals surface area contributed by atoms with E-state index in [-0.39, 0.29) is 32.8 Å². The first-order chi connectivity index (χ1) is 10.7. The van der Waals surface area contributed by atoms with Crippen molar-refractivity contribution in [2.45, 2.75) is 31.0 Å². The zero-order valence-corrected chi connectivity index (χ0v) is 12.3. The number of hydrogen-bond donors (Lipinski definition) is 3. The topological polar surface area (TPSA) is 146 Å². The quantitative estimate of drug-likeness (QED) is 0.195. The fraction of sp³-hybridized carbons (Fsp3) is 1.00. The Balaban J connectivity index is 2.02. The monoisotopic (exact) mass is 321 g/mol. The molecule has 1 fully saturated rings. The van der Waals surface area contributed by atoms with Crippen LogP contribution in [0.4, 0.5) is 0 Å². The summed E-state index contributed by atoms with van der Waals surface area (Å²) in [5, 5.41) is 31.7. The van der Waals surface area contributed by atoms with E-state index in [2.05, 4.69) is 10.0 Å². The molecule has 0 spiro atoms. The lowest BCUT2D eigenvalue weighted by Gasteiger charge is -2.36. The second kappa shape index (κ2) is 11.6. The highest BCUT2D eigenvalue weighted by Crippen LogP contribution is 2.20. The lowest BCUT2D eigenvalue weighted by atomic mass is 10.0. The summed E-state index contributed by atoms with van der Waals surface area (Å²) in [6.07, 6.45) is -3.49. The highest BCUT2D eigenvalue weighted by molar-refractivity contribution is 4.80. The molecule has 10 heteroatoms. The Morgan fingerprint density at radius 2 is 1.82 bits per heavy atom. The van der Waals surface area contributed by atoms with E-state index in [0.717, 1.165) is 0 Å². The van der Waals surface area contributed by atoms with Gasteiger partial charge in [-0.3, -0.25) is 0 Å². The van der Waals surface area contributed by atoms with Crippen LogP contribution in [0.5, 0.6) is 0 Å². The van der Waals surface area contributed by atoms with Crippen molar-refractivity contribution in [2.24, 2.45) is 5.11 Å². The molecule has 1 aliphatic rings. The Morgan fingerprint density at radius 3 is 2.50 bits per heavy atom. The Bertz CT molecular complexity index is 341. The predicted molar refractivity (Wildman–Crippen MR) is 74.0 cm³/mol. The van der Waals surface area contributed by atoms with Crippen molar-refractivity contribution in [3.8, 4) is 0 Å². The van der Waals surface area contributed by atoms with E-state index in [9.17, 15) is 10.2 Å². The van der Waals surface area contributed by atoms with Crippen molar-refractivity contribution >= 4 is 0 Å². The molecule has 22 heavy (non-hydrogen) atoms. The first kappa shape index (κ1) is 19.1. The van der Waals surface area contributed by atoms with Crippen LogP contribution in [0.25, 0.3) is 10.4 Å². The molecule has 1 rings (SSSR count). The predicted octanol–water partition coefficient (Wildman–Crippen LogP) is -0.824. The van der Waals surface area contributed by atoms with Crippen LogP contribution >= 0.6 is 0 Å². The van der Waals surface area contributed by atoms with Crippen LogP contribution in [-0.2, 0) is 18.9 Å². The first-order valence-electron chi connectivity index (χ1n) is 7.09. The van der Waals surface area contributed by atoms with Crippen molar-refractivity contribution in [3.63, 3.8) is 0 Å². The number of nitrogens with zero attached hydrogens (tertiary/aromatic N) is 3. The smallest absolute Gasteiger partial charge is 0.186 e. The molecule has 1 aliphatic heterocycles. The van der Waals surface area contributed by atoms with Gasteiger partial charge >= 0.3 is 0 Å². The summed E-state index contributed by atoms with van der Waals surface area (Å²) in [5.41, 5.74) is 8.05. The van der Waals surface area contributed by atoms with Crippen LogP contribution in [0.1, 0.15) is 6.42 Å². The normalized spacial score (nSPS) is 28.3. The van der Waals surface area contributed by atoms with Crippen LogP contribution < -0.4 is 0 Å². The fourth-order valence-electron chi connectivity index (χ4n) is 1.87. The van der Waals surface area contributed by atoms with E-state index in [1.165, 1.54) is 0 Å². The maximum Gasteiger partial charge on any atom is 0.186 e. The Hall–Kier alpha value is -0.970. The summed E-state index contributed by atoms with van der Waals surface area (Å²) >= 11 is 0. The summed E-state index contributed by atoms with van der Waals surface area (Å²) in [6.45, 7) is 1.55. The summed E-state index contributed by atoms with van der Waals surface area (Å²) in [5.74, 6) is 0. The second-order valence-electron chi connectivity index (χ2n) is 4.65. The van der Waals surface area contributed by atoms with Crippen LogP contribution in [0.2, 0.25) is 0 Å². The van der Waals surface area contributed by atoms with Crippen molar-refractivity contribution in [1.29, 1.82) is 0 Å². The van der Waals surface area contributed by atoms with E-state index >= 15 is 0 Å². The molecule has 3 N–H and O–H groups in total. The summed E-state index contributed by atoms with van der Waals surface area (Å²) in [6, 6.07) is 0. The molecule has 0 unspecified atom stereocenters. The molecule has 0 aromatic rings. The molecule has 0 radical (unpaired) electrons. The highest BCUT2D eigenvalue weighted by atomic mass is 16.7. The molecule has 4 atom stereocenters. The van der Waals surface area contributed by atoms with Gasteiger partial charge in [-0.15, -0.1) is 0 Å². The first-order valence-corrected chi connectivity index (χ1v) is 7.09. The molecule has 0 aliphatic carbocycles. The van der Waals surface area contributed by atoms with Gasteiger partial charge in [-0.05, 0) is 5.53 Å². The number of aliphatic hydroxyl groups is 3. The van der Waals surface area contributed by atoms with Crippen LogP contribution in [0.3, 0.4) is 0 Å². The average Bonchev–Trinajstić information content (AvgIpc) is 2.52. The van der Waals surface area contributed by atoms with Gasteiger partial charge in [-0.25, -0.2) is 0 Å². The SMILES string of the molecule is [N-]=[N+]=NCCOCCOCCO[C@H]1O[C@H](CO)C[C@H](O)[C@@H]1O. The summed E-state index contributed by atoms with van der Waals surface area (Å²) in [7, 11) is 0. The molecule has 128 valence electrons. The van der Waals surface area contributed by atoms with Gasteiger partial charge < -0.3 is 34.3 Å². The zero-order valence-electron chi connectivity index (χ0n) is 12.3. The Kier molecular flexibility index (Phi) is 10.0. The van der Waals surface area contributed by atoms with E-state index in [1.807, 2.05) is 0 Å². The third kappa shape index (κ3) is 7.34. The Labute approximate surface area is 128 Å².